The van der Waals surface area contributed by atoms with Crippen LogP contribution in [0.1, 0.15) is 17.5 Å². The lowest BCUT2D eigenvalue weighted by Crippen LogP contribution is -2.41. The molecule has 4 rings (SSSR count). The second kappa shape index (κ2) is 6.50. The summed E-state index contributed by atoms with van der Waals surface area (Å²) in [5.41, 5.74) is 2.78. The standard InChI is InChI=1S/C20H21NO4/c1-15-7-5-10-17-18(15)21(19(22)20(17)24-13-14-25-20)11-6-12-23-16-8-3-2-4-9-16/h2-5,7-10H,6,11-14H2,1H3. The minimum atomic E-state index is -1.25. The Morgan fingerprint density at radius 3 is 2.60 bits per heavy atom. The van der Waals surface area contributed by atoms with Crippen molar-refractivity contribution in [1.82, 2.24) is 0 Å². The van der Waals surface area contributed by atoms with E-state index in [9.17, 15) is 4.79 Å². The van der Waals surface area contributed by atoms with E-state index in [4.69, 9.17) is 14.2 Å². The van der Waals surface area contributed by atoms with Gasteiger partial charge >= 0.3 is 0 Å². The summed E-state index contributed by atoms with van der Waals surface area (Å²) in [7, 11) is 0. The number of hydrogen-bond donors (Lipinski definition) is 0. The lowest BCUT2D eigenvalue weighted by atomic mass is 10.0. The molecule has 5 heteroatoms. The van der Waals surface area contributed by atoms with Crippen LogP contribution in [-0.2, 0) is 20.1 Å². The first-order valence-electron chi connectivity index (χ1n) is 8.60. The number of carbonyl (C=O) groups is 1. The number of rotatable bonds is 5. The van der Waals surface area contributed by atoms with Crippen molar-refractivity contribution in [3.8, 4) is 5.75 Å². The highest BCUT2D eigenvalue weighted by Gasteiger charge is 2.56. The van der Waals surface area contributed by atoms with Gasteiger partial charge in [-0.2, -0.15) is 0 Å². The third-order valence-corrected chi connectivity index (χ3v) is 4.62. The molecule has 130 valence electrons. The smallest absolute Gasteiger partial charge is 0.292 e. The van der Waals surface area contributed by atoms with E-state index in [2.05, 4.69) is 0 Å². The second-order valence-electron chi connectivity index (χ2n) is 6.26. The van der Waals surface area contributed by atoms with Crippen molar-refractivity contribution in [3.63, 3.8) is 0 Å². The van der Waals surface area contributed by atoms with Crippen LogP contribution >= 0.6 is 0 Å². The van der Waals surface area contributed by atoms with E-state index in [0.717, 1.165) is 29.0 Å². The number of ether oxygens (including phenoxy) is 3. The largest absolute Gasteiger partial charge is 0.494 e. The van der Waals surface area contributed by atoms with Gasteiger partial charge in [-0.25, -0.2) is 0 Å². The highest BCUT2D eigenvalue weighted by Crippen LogP contribution is 2.47. The van der Waals surface area contributed by atoms with Crippen molar-refractivity contribution in [2.45, 2.75) is 19.1 Å². The van der Waals surface area contributed by atoms with Gasteiger partial charge in [0.1, 0.15) is 5.75 Å². The van der Waals surface area contributed by atoms with E-state index in [0.29, 0.717) is 26.4 Å². The molecule has 0 aliphatic carbocycles. The summed E-state index contributed by atoms with van der Waals surface area (Å²) in [6.07, 6.45) is 0.727. The first kappa shape index (κ1) is 16.1. The van der Waals surface area contributed by atoms with Crippen LogP contribution in [0.25, 0.3) is 0 Å². The lowest BCUT2D eigenvalue weighted by Gasteiger charge is -2.22. The molecular formula is C20H21NO4. The number of amides is 1. The summed E-state index contributed by atoms with van der Waals surface area (Å²) < 4.78 is 17.2. The number of nitrogens with zero attached hydrogens (tertiary/aromatic N) is 1. The molecule has 0 atom stereocenters. The summed E-state index contributed by atoms with van der Waals surface area (Å²) in [6.45, 7) is 3.99. The summed E-state index contributed by atoms with van der Waals surface area (Å²) in [4.78, 5) is 14.8. The van der Waals surface area contributed by atoms with Gasteiger partial charge in [-0.15, -0.1) is 0 Å². The van der Waals surface area contributed by atoms with Gasteiger partial charge in [-0.1, -0.05) is 36.4 Å². The second-order valence-corrected chi connectivity index (χ2v) is 6.26. The van der Waals surface area contributed by atoms with E-state index in [-0.39, 0.29) is 5.91 Å². The molecule has 2 aliphatic rings. The van der Waals surface area contributed by atoms with Crippen molar-refractivity contribution >= 4 is 11.6 Å². The average molecular weight is 339 g/mol. The van der Waals surface area contributed by atoms with Gasteiger partial charge in [-0.05, 0) is 31.0 Å². The molecule has 0 radical (unpaired) electrons. The van der Waals surface area contributed by atoms with Crippen molar-refractivity contribution in [1.29, 1.82) is 0 Å². The number of anilines is 1. The Balaban J connectivity index is 1.49. The van der Waals surface area contributed by atoms with E-state index in [1.807, 2.05) is 55.5 Å². The summed E-state index contributed by atoms with van der Waals surface area (Å²) in [5.74, 6) is -0.540. The molecule has 2 aliphatic heterocycles. The molecule has 1 saturated heterocycles. The predicted molar refractivity (Wildman–Crippen MR) is 93.7 cm³/mol. The van der Waals surface area contributed by atoms with Crippen molar-refractivity contribution in [2.24, 2.45) is 0 Å². The maximum atomic E-state index is 13.0. The third-order valence-electron chi connectivity index (χ3n) is 4.62. The highest BCUT2D eigenvalue weighted by atomic mass is 16.7. The molecule has 5 nitrogen and oxygen atoms in total. The fraction of sp³-hybridized carbons (Fsp3) is 0.350. The number of benzene rings is 2. The van der Waals surface area contributed by atoms with E-state index in [1.54, 1.807) is 4.90 Å². The van der Waals surface area contributed by atoms with Gasteiger partial charge in [-0.3, -0.25) is 4.79 Å². The molecule has 0 aromatic heterocycles. The molecule has 25 heavy (non-hydrogen) atoms. The van der Waals surface area contributed by atoms with Gasteiger partial charge in [0.15, 0.2) is 0 Å². The topological polar surface area (TPSA) is 48.0 Å². The molecule has 0 N–H and O–H groups in total. The Morgan fingerprint density at radius 1 is 1.08 bits per heavy atom. The maximum absolute atomic E-state index is 13.0. The first-order chi connectivity index (χ1) is 12.2. The van der Waals surface area contributed by atoms with Crippen LogP contribution in [-0.4, -0.2) is 32.3 Å². The van der Waals surface area contributed by atoms with Crippen molar-refractivity contribution in [2.75, 3.05) is 31.3 Å². The number of hydrogen-bond acceptors (Lipinski definition) is 4. The maximum Gasteiger partial charge on any atom is 0.292 e. The fourth-order valence-corrected chi connectivity index (χ4v) is 3.51. The molecule has 2 heterocycles. The van der Waals surface area contributed by atoms with Gasteiger partial charge < -0.3 is 19.1 Å². The molecular weight excluding hydrogens is 318 g/mol. The summed E-state index contributed by atoms with van der Waals surface area (Å²) in [5, 5.41) is 0. The van der Waals surface area contributed by atoms with E-state index < -0.39 is 5.79 Å². The minimum absolute atomic E-state index is 0.131. The summed E-state index contributed by atoms with van der Waals surface area (Å²) >= 11 is 0. The summed E-state index contributed by atoms with van der Waals surface area (Å²) in [6, 6.07) is 15.6. The van der Waals surface area contributed by atoms with E-state index >= 15 is 0 Å². The predicted octanol–water partition coefficient (Wildman–Crippen LogP) is 3.01. The van der Waals surface area contributed by atoms with E-state index in [1.165, 1.54) is 0 Å². The third kappa shape index (κ3) is 2.69. The van der Waals surface area contributed by atoms with Crippen LogP contribution in [0, 0.1) is 6.92 Å². The zero-order chi connectivity index (χ0) is 17.3. The Morgan fingerprint density at radius 2 is 1.84 bits per heavy atom. The fourth-order valence-electron chi connectivity index (χ4n) is 3.51. The van der Waals surface area contributed by atoms with Gasteiger partial charge in [0.25, 0.3) is 11.7 Å². The van der Waals surface area contributed by atoms with Gasteiger partial charge in [0.05, 0.1) is 25.5 Å². The zero-order valence-corrected chi connectivity index (χ0v) is 14.2. The van der Waals surface area contributed by atoms with Gasteiger partial charge in [0.2, 0.25) is 0 Å². The van der Waals surface area contributed by atoms with Crippen LogP contribution in [0.4, 0.5) is 5.69 Å². The highest BCUT2D eigenvalue weighted by molar-refractivity contribution is 6.07. The van der Waals surface area contributed by atoms with Crippen molar-refractivity contribution < 1.29 is 19.0 Å². The Labute approximate surface area is 147 Å². The van der Waals surface area contributed by atoms with Gasteiger partial charge in [0, 0.05) is 12.1 Å². The lowest BCUT2D eigenvalue weighted by molar-refractivity contribution is -0.180. The number of carbonyl (C=O) groups excluding carboxylic acids is 1. The van der Waals surface area contributed by atoms with Crippen LogP contribution < -0.4 is 9.64 Å². The van der Waals surface area contributed by atoms with Crippen LogP contribution in [0.15, 0.2) is 48.5 Å². The minimum Gasteiger partial charge on any atom is -0.494 e. The van der Waals surface area contributed by atoms with Crippen LogP contribution in [0.5, 0.6) is 5.75 Å². The van der Waals surface area contributed by atoms with Crippen molar-refractivity contribution in [3.05, 3.63) is 59.7 Å². The Kier molecular flexibility index (Phi) is 4.19. The molecule has 0 saturated carbocycles. The molecule has 0 unspecified atom stereocenters. The SMILES string of the molecule is Cc1cccc2c1N(CCCOc1ccccc1)C(=O)C21OCCO1. The normalized spacial score (nSPS) is 18.0. The quantitative estimate of drug-likeness (QED) is 0.786. The Hall–Kier alpha value is -2.37. The molecule has 2 aromatic rings. The van der Waals surface area contributed by atoms with Crippen LogP contribution in [0.3, 0.4) is 0 Å². The number of aryl methyl sites for hydroxylation is 1. The Bertz CT molecular complexity index is 769. The first-order valence-corrected chi connectivity index (χ1v) is 8.60. The zero-order valence-electron chi connectivity index (χ0n) is 14.2. The molecule has 2 aromatic carbocycles. The van der Waals surface area contributed by atoms with Crippen LogP contribution in [0.2, 0.25) is 0 Å². The average Bonchev–Trinajstić information content (AvgIpc) is 3.21. The molecule has 0 bridgehead atoms. The monoisotopic (exact) mass is 339 g/mol. The molecule has 1 fully saturated rings. The molecule has 1 amide bonds. The molecule has 1 spiro atoms. The number of fused-ring (bicyclic) bond motifs is 2. The number of para-hydroxylation sites is 2.